The maximum absolute atomic E-state index is 11.6. The minimum absolute atomic E-state index is 0.0556. The summed E-state index contributed by atoms with van der Waals surface area (Å²) in [6, 6.07) is 3.68. The average Bonchev–Trinajstić information content (AvgIpc) is 2.72. The lowest BCUT2D eigenvalue weighted by molar-refractivity contribution is 0.0865. The number of nitrogens with one attached hydrogen (secondary N) is 1. The molecular formula is C10H10N2OS. The van der Waals surface area contributed by atoms with Gasteiger partial charge in [-0.1, -0.05) is 18.2 Å². The Morgan fingerprint density at radius 1 is 1.50 bits per heavy atom. The molecule has 1 aliphatic rings. The molecule has 0 bridgehead atoms. The van der Waals surface area contributed by atoms with Gasteiger partial charge in [0.2, 0.25) is 0 Å². The Kier molecular flexibility index (Phi) is 2.65. The van der Waals surface area contributed by atoms with Crippen molar-refractivity contribution >= 4 is 17.2 Å². The van der Waals surface area contributed by atoms with E-state index < -0.39 is 0 Å². The van der Waals surface area contributed by atoms with E-state index >= 15 is 0 Å². The van der Waals surface area contributed by atoms with E-state index in [-0.39, 0.29) is 5.91 Å². The largest absolute Gasteiger partial charge is 0.289 e. The highest BCUT2D eigenvalue weighted by atomic mass is 32.1. The van der Waals surface area contributed by atoms with Gasteiger partial charge < -0.3 is 0 Å². The van der Waals surface area contributed by atoms with Crippen molar-refractivity contribution in [1.29, 1.82) is 0 Å². The monoisotopic (exact) mass is 206 g/mol. The third-order valence-corrected chi connectivity index (χ3v) is 2.67. The fourth-order valence-electron chi connectivity index (χ4n) is 1.14. The van der Waals surface area contributed by atoms with Crippen LogP contribution in [0.5, 0.6) is 0 Å². The van der Waals surface area contributed by atoms with E-state index in [0.29, 0.717) is 6.54 Å². The highest BCUT2D eigenvalue weighted by molar-refractivity contribution is 7.12. The molecule has 0 atom stereocenters. The first-order chi connectivity index (χ1) is 6.86. The number of thiophene rings is 1. The third kappa shape index (κ3) is 2.03. The summed E-state index contributed by atoms with van der Waals surface area (Å²) < 4.78 is 0. The zero-order valence-corrected chi connectivity index (χ0v) is 8.33. The first-order valence-electron chi connectivity index (χ1n) is 4.31. The average molecular weight is 206 g/mol. The molecular weight excluding hydrogens is 196 g/mol. The molecule has 0 aliphatic carbocycles. The number of amides is 1. The van der Waals surface area contributed by atoms with Gasteiger partial charge in [0.05, 0.1) is 11.4 Å². The minimum atomic E-state index is -0.0556. The Bertz CT molecular complexity index is 367. The molecule has 4 heteroatoms. The van der Waals surface area contributed by atoms with Crippen molar-refractivity contribution in [2.45, 2.75) is 0 Å². The van der Waals surface area contributed by atoms with Gasteiger partial charge in [-0.3, -0.25) is 15.2 Å². The quantitative estimate of drug-likeness (QED) is 0.800. The van der Waals surface area contributed by atoms with Crippen molar-refractivity contribution in [3.05, 3.63) is 46.8 Å². The normalized spacial score (nSPS) is 14.4. The SMILES string of the molecule is O=C(NN1C=CC=CC1)c1cccs1. The van der Waals surface area contributed by atoms with Gasteiger partial charge in [-0.25, -0.2) is 0 Å². The van der Waals surface area contributed by atoms with Crippen LogP contribution in [0, 0.1) is 0 Å². The summed E-state index contributed by atoms with van der Waals surface area (Å²) in [6.45, 7) is 0.716. The third-order valence-electron chi connectivity index (χ3n) is 1.81. The molecule has 0 fully saturated rings. The maximum Gasteiger partial charge on any atom is 0.279 e. The molecule has 1 amide bonds. The van der Waals surface area contributed by atoms with Crippen molar-refractivity contribution < 1.29 is 4.79 Å². The van der Waals surface area contributed by atoms with E-state index in [9.17, 15) is 4.79 Å². The lowest BCUT2D eigenvalue weighted by Gasteiger charge is -2.20. The smallest absolute Gasteiger partial charge is 0.279 e. The Balaban J connectivity index is 1.95. The molecule has 1 aromatic heterocycles. The molecule has 0 aromatic carbocycles. The van der Waals surface area contributed by atoms with Gasteiger partial charge >= 0.3 is 0 Å². The van der Waals surface area contributed by atoms with Gasteiger partial charge in [0.1, 0.15) is 0 Å². The van der Waals surface area contributed by atoms with Crippen molar-refractivity contribution in [1.82, 2.24) is 10.4 Å². The fraction of sp³-hybridized carbons (Fsp3) is 0.100. The Morgan fingerprint density at radius 2 is 2.43 bits per heavy atom. The predicted octanol–water partition coefficient (Wildman–Crippen LogP) is 1.78. The first-order valence-corrected chi connectivity index (χ1v) is 5.19. The summed E-state index contributed by atoms with van der Waals surface area (Å²) in [5.74, 6) is -0.0556. The second-order valence-electron chi connectivity index (χ2n) is 2.84. The van der Waals surface area contributed by atoms with Gasteiger partial charge in [-0.05, 0) is 17.5 Å². The van der Waals surface area contributed by atoms with E-state index in [1.165, 1.54) is 11.3 Å². The Hall–Kier alpha value is -1.55. The van der Waals surface area contributed by atoms with Gasteiger partial charge in [-0.2, -0.15) is 0 Å². The summed E-state index contributed by atoms with van der Waals surface area (Å²) in [5.41, 5.74) is 2.79. The number of carbonyl (C=O) groups is 1. The standard InChI is InChI=1S/C10H10N2OS/c13-10(9-5-4-8-14-9)11-12-6-2-1-3-7-12/h1-6,8H,7H2,(H,11,13). The number of carbonyl (C=O) groups excluding carboxylic acids is 1. The van der Waals surface area contributed by atoms with Gasteiger partial charge in [0.15, 0.2) is 0 Å². The Morgan fingerprint density at radius 3 is 3.07 bits per heavy atom. The molecule has 1 aliphatic heterocycles. The van der Waals surface area contributed by atoms with Crippen LogP contribution in [0.2, 0.25) is 0 Å². The summed E-state index contributed by atoms with van der Waals surface area (Å²) >= 11 is 1.44. The van der Waals surface area contributed by atoms with E-state index in [1.54, 1.807) is 5.01 Å². The van der Waals surface area contributed by atoms with Crippen LogP contribution < -0.4 is 5.43 Å². The predicted molar refractivity (Wildman–Crippen MR) is 56.8 cm³/mol. The number of rotatable bonds is 2. The number of allylic oxidation sites excluding steroid dienone is 2. The topological polar surface area (TPSA) is 32.3 Å². The van der Waals surface area contributed by atoms with E-state index in [0.717, 1.165) is 4.88 Å². The van der Waals surface area contributed by atoms with Crippen LogP contribution in [0.25, 0.3) is 0 Å². The van der Waals surface area contributed by atoms with Crippen molar-refractivity contribution in [2.24, 2.45) is 0 Å². The van der Waals surface area contributed by atoms with E-state index in [2.05, 4.69) is 5.43 Å². The molecule has 0 radical (unpaired) electrons. The van der Waals surface area contributed by atoms with E-state index in [4.69, 9.17) is 0 Å². The van der Waals surface area contributed by atoms with Crippen LogP contribution in [-0.2, 0) is 0 Å². The zero-order valence-electron chi connectivity index (χ0n) is 7.51. The lowest BCUT2D eigenvalue weighted by Crippen LogP contribution is -2.38. The van der Waals surface area contributed by atoms with Crippen molar-refractivity contribution in [2.75, 3.05) is 6.54 Å². The molecule has 14 heavy (non-hydrogen) atoms. The van der Waals surface area contributed by atoms with Crippen LogP contribution >= 0.6 is 11.3 Å². The molecule has 72 valence electrons. The molecule has 0 unspecified atom stereocenters. The Labute approximate surface area is 86.3 Å². The first kappa shape index (κ1) is 9.02. The second kappa shape index (κ2) is 4.11. The second-order valence-corrected chi connectivity index (χ2v) is 3.79. The molecule has 1 N–H and O–H groups in total. The van der Waals surface area contributed by atoms with Crippen molar-refractivity contribution in [3.63, 3.8) is 0 Å². The van der Waals surface area contributed by atoms with Crippen molar-refractivity contribution in [3.8, 4) is 0 Å². The van der Waals surface area contributed by atoms with Crippen LogP contribution in [-0.4, -0.2) is 17.5 Å². The number of hydrogen-bond acceptors (Lipinski definition) is 3. The van der Waals surface area contributed by atoms with Crippen LogP contribution in [0.3, 0.4) is 0 Å². The minimum Gasteiger partial charge on any atom is -0.289 e. The molecule has 3 nitrogen and oxygen atoms in total. The summed E-state index contributed by atoms with van der Waals surface area (Å²) in [7, 11) is 0. The maximum atomic E-state index is 11.6. The van der Waals surface area contributed by atoms with E-state index in [1.807, 2.05) is 41.9 Å². The molecule has 0 saturated carbocycles. The summed E-state index contributed by atoms with van der Waals surface area (Å²) in [5, 5.41) is 3.64. The van der Waals surface area contributed by atoms with Gasteiger partial charge in [-0.15, -0.1) is 11.3 Å². The number of hydrogen-bond donors (Lipinski definition) is 1. The molecule has 1 aromatic rings. The summed E-state index contributed by atoms with van der Waals surface area (Å²) in [4.78, 5) is 12.3. The van der Waals surface area contributed by atoms with Crippen LogP contribution in [0.1, 0.15) is 9.67 Å². The molecule has 0 saturated heterocycles. The lowest BCUT2D eigenvalue weighted by atomic mass is 10.4. The van der Waals surface area contributed by atoms with Crippen LogP contribution in [0.15, 0.2) is 41.9 Å². The van der Waals surface area contributed by atoms with Gasteiger partial charge in [0, 0.05) is 6.20 Å². The summed E-state index contributed by atoms with van der Waals surface area (Å²) in [6.07, 6.45) is 7.66. The molecule has 2 rings (SSSR count). The number of hydrazine groups is 1. The highest BCUT2D eigenvalue weighted by Crippen LogP contribution is 2.08. The molecule has 2 heterocycles. The van der Waals surface area contributed by atoms with Crippen LogP contribution in [0.4, 0.5) is 0 Å². The zero-order chi connectivity index (χ0) is 9.80. The fourth-order valence-corrected chi connectivity index (χ4v) is 1.76. The highest BCUT2D eigenvalue weighted by Gasteiger charge is 2.08. The van der Waals surface area contributed by atoms with Gasteiger partial charge in [0.25, 0.3) is 5.91 Å². The molecule has 0 spiro atoms. The number of nitrogens with zero attached hydrogens (tertiary/aromatic N) is 1.